The molecule has 27 valence electrons. The quantitative estimate of drug-likeness (QED) is 0.470. The van der Waals surface area contributed by atoms with Gasteiger partial charge in [0.25, 0.3) is 0 Å². The van der Waals surface area contributed by atoms with E-state index >= 15 is 0 Å². The zero-order valence-electron chi connectivity index (χ0n) is 2.23. The van der Waals surface area contributed by atoms with Crippen molar-refractivity contribution in [1.82, 2.24) is 0 Å². The summed E-state index contributed by atoms with van der Waals surface area (Å²) >= 11 is 2.86. The predicted octanol–water partition coefficient (Wildman–Crippen LogP) is 1.67. The smallest absolute Gasteiger partial charge is 0 e. The summed E-state index contributed by atoms with van der Waals surface area (Å²) < 4.78 is 0. The molecule has 0 aliphatic heterocycles. The van der Waals surface area contributed by atoms with E-state index in [1.807, 2.05) is 0 Å². The molecule has 0 aromatic rings. The van der Waals surface area contributed by atoms with E-state index in [-0.39, 0.29) is 18.6 Å². The summed E-state index contributed by atoms with van der Waals surface area (Å²) in [5.41, 5.74) is 0. The van der Waals surface area contributed by atoms with Crippen LogP contribution >= 0.6 is 35.8 Å². The van der Waals surface area contributed by atoms with Crippen LogP contribution in [0.3, 0.4) is 0 Å². The van der Waals surface area contributed by atoms with E-state index in [1.165, 1.54) is 0 Å². The average molecular weight is 321 g/mol. The molecule has 0 heterocycles. The third-order valence-corrected chi connectivity index (χ3v) is 0. The van der Waals surface area contributed by atoms with Crippen LogP contribution in [0.2, 0.25) is 0 Å². The Hall–Kier alpha value is 2.04. The zero-order chi connectivity index (χ0) is 2.71. The Morgan fingerprint density at radius 3 is 1.75 bits per heavy atom. The van der Waals surface area contributed by atoms with Crippen LogP contribution in [0.1, 0.15) is 0 Å². The molecule has 0 nitrogen and oxygen atoms in total. The van der Waals surface area contributed by atoms with Gasteiger partial charge in [-0.3, -0.25) is 0 Å². The Bertz CT molecular complexity index is 6.00. The Labute approximate surface area is 58.4 Å². The van der Waals surface area contributed by atoms with E-state index < -0.39 is 0 Å². The van der Waals surface area contributed by atoms with Crippen molar-refractivity contribution in [3.05, 3.63) is 0 Å². The van der Waals surface area contributed by atoms with Crippen molar-refractivity contribution in [1.29, 1.82) is 0 Å². The molecule has 0 amide bonds. The first-order valence-electron chi connectivity index (χ1n) is 0.563. The van der Waals surface area contributed by atoms with E-state index in [9.17, 15) is 0 Å². The Morgan fingerprint density at radius 2 is 1.75 bits per heavy atom. The number of hydrogen-bond donors (Lipinski definition) is 0. The Kier molecular flexibility index (Phi) is 20.9. The number of halogens is 2. The van der Waals surface area contributed by atoms with Crippen molar-refractivity contribution in [3.8, 4) is 0 Å². The fourth-order valence-electron chi connectivity index (χ4n) is 0. The zero-order valence-corrected chi connectivity index (χ0v) is 8.12. The molecule has 0 aromatic carbocycles. The molecule has 3 heteroatoms. The van der Waals surface area contributed by atoms with Crippen LogP contribution in [0.15, 0.2) is 0 Å². The summed E-state index contributed by atoms with van der Waals surface area (Å²) in [7, 11) is 0. The fourth-order valence-corrected chi connectivity index (χ4v) is 0. The minimum Gasteiger partial charge on any atom is 0 e. The third-order valence-electron chi connectivity index (χ3n) is 0. The van der Waals surface area contributed by atoms with Gasteiger partial charge < -0.3 is 0 Å². The van der Waals surface area contributed by atoms with Crippen molar-refractivity contribution in [3.63, 3.8) is 0 Å². The first-order valence-corrected chi connectivity index (χ1v) is 9.68. The van der Waals surface area contributed by atoms with Gasteiger partial charge in [0, 0.05) is 18.6 Å². The topological polar surface area (TPSA) is 0 Å². The molecule has 0 rings (SSSR count). The molecule has 1 radical (unpaired) electrons. The van der Waals surface area contributed by atoms with Gasteiger partial charge in [0.1, 0.15) is 0 Å². The second-order valence-corrected chi connectivity index (χ2v) is 6.94. The first kappa shape index (κ1) is 9.40. The van der Waals surface area contributed by atoms with E-state index in [0.717, 1.165) is 0 Å². The van der Waals surface area contributed by atoms with Crippen LogP contribution in [-0.2, 0) is 18.6 Å². The van der Waals surface area contributed by atoms with Crippen molar-refractivity contribution in [2.24, 2.45) is 0 Å². The Balaban J connectivity index is 0. The van der Waals surface area contributed by atoms with Crippen molar-refractivity contribution in [2.45, 2.75) is 0 Å². The number of rotatable bonds is 0. The Morgan fingerprint density at radius 1 is 1.75 bits per heavy atom. The molecule has 0 aliphatic rings. The van der Waals surface area contributed by atoms with Gasteiger partial charge in [-0.2, -0.15) is 0 Å². The van der Waals surface area contributed by atoms with Gasteiger partial charge in [0.05, 0.1) is 0 Å². The van der Waals surface area contributed by atoms with E-state index in [4.69, 9.17) is 0 Å². The van der Waals surface area contributed by atoms with E-state index in [0.29, 0.717) is 17.2 Å². The number of hydrogen-bond acceptors (Lipinski definition) is 0. The van der Waals surface area contributed by atoms with Crippen LogP contribution in [0.5, 0.6) is 0 Å². The van der Waals surface area contributed by atoms with Gasteiger partial charge in [0.2, 0.25) is 0 Å². The van der Waals surface area contributed by atoms with Crippen molar-refractivity contribution >= 4 is 35.8 Å². The van der Waals surface area contributed by atoms with Crippen LogP contribution in [-0.4, -0.2) is 4.93 Å². The molecule has 0 aliphatic carbocycles. The molecule has 0 N–H and O–H groups in total. The predicted molar refractivity (Wildman–Crippen MR) is 35.4 cm³/mol. The molecule has 0 atom stereocenters. The summed E-state index contributed by atoms with van der Waals surface area (Å²) in [6, 6.07) is 0. The van der Waals surface area contributed by atoms with Gasteiger partial charge in [-0.05, 0) is 0 Å². The van der Waals surface area contributed by atoms with Gasteiger partial charge in [-0.15, -0.1) is 0 Å². The molecular formula is CH4I2V. The van der Waals surface area contributed by atoms with Crippen molar-refractivity contribution < 1.29 is 18.6 Å². The monoisotopic (exact) mass is 321 g/mol. The first-order chi connectivity index (χ1) is 1.41. The minimum absolute atomic E-state index is 0. The largest absolute Gasteiger partial charge is 0 e. The van der Waals surface area contributed by atoms with Crippen LogP contribution in [0, 0.1) is 0 Å². The maximum atomic E-state index is 2.42. The maximum Gasteiger partial charge on any atom is 0 e. The van der Waals surface area contributed by atoms with E-state index in [2.05, 4.69) is 23.5 Å². The molecule has 0 spiro atoms. The molecule has 0 bridgehead atoms. The molecule has 4 heavy (non-hydrogen) atoms. The van der Waals surface area contributed by atoms with Crippen LogP contribution < -0.4 is 0 Å². The average Bonchev–Trinajstić information content (AvgIpc) is 0.918. The number of alkyl halides is 1. The molecule has 0 saturated heterocycles. The third kappa shape index (κ3) is 8.97. The van der Waals surface area contributed by atoms with Crippen molar-refractivity contribution in [2.75, 3.05) is 4.93 Å². The normalized spacial score (nSPS) is 5.50. The molecule has 0 unspecified atom stereocenters. The fraction of sp³-hybridized carbons (Fsp3) is 1.00. The van der Waals surface area contributed by atoms with Gasteiger partial charge >= 0.3 is 40.8 Å². The second-order valence-electron chi connectivity index (χ2n) is 0.154. The van der Waals surface area contributed by atoms with Gasteiger partial charge in [-0.1, -0.05) is 0 Å². The van der Waals surface area contributed by atoms with E-state index in [1.54, 1.807) is 0 Å². The van der Waals surface area contributed by atoms with Gasteiger partial charge in [-0.25, -0.2) is 0 Å². The molecule has 0 fully saturated rings. The molecule has 0 aromatic heterocycles. The summed E-state index contributed by atoms with van der Waals surface area (Å²) in [4.78, 5) is 2.24. The standard InChI is InChI=1S/CH4I2.V/c1-3-2;/h3H,1H3;. The maximum absolute atomic E-state index is 2.42. The van der Waals surface area contributed by atoms with Gasteiger partial charge in [0.15, 0.2) is 0 Å². The molecule has 0 saturated carbocycles. The summed E-state index contributed by atoms with van der Waals surface area (Å²) in [6.45, 7) is 0. The summed E-state index contributed by atoms with van der Waals surface area (Å²) in [5, 5.41) is 0. The minimum atomic E-state index is 0. The van der Waals surface area contributed by atoms with Crippen LogP contribution in [0.4, 0.5) is 0 Å². The second kappa shape index (κ2) is 8.90. The summed E-state index contributed by atoms with van der Waals surface area (Å²) in [5.74, 6) is 0. The van der Waals surface area contributed by atoms with Crippen LogP contribution in [0.25, 0.3) is 0 Å². The SMILES string of the molecule is C[IH]I.[V]. The molecular weight excluding hydrogens is 317 g/mol. The summed E-state index contributed by atoms with van der Waals surface area (Å²) in [6.07, 6.45) is 0.